The number of amides is 1. The van der Waals surface area contributed by atoms with Crippen molar-refractivity contribution < 1.29 is 14.7 Å². The predicted molar refractivity (Wildman–Crippen MR) is 76.3 cm³/mol. The van der Waals surface area contributed by atoms with Gasteiger partial charge in [-0.25, -0.2) is 0 Å². The normalized spacial score (nSPS) is 11.9. The van der Waals surface area contributed by atoms with Gasteiger partial charge in [0.25, 0.3) is 0 Å². The van der Waals surface area contributed by atoms with Crippen molar-refractivity contribution in [3.8, 4) is 0 Å². The van der Waals surface area contributed by atoms with Crippen molar-refractivity contribution >= 4 is 29.3 Å². The molecule has 0 aliphatic carbocycles. The standard InChI is InChI=1S/C13H18N2O3S/c1-2-19-11-6-4-3-5-10(11)15-13(18)9(14)7-8-12(16)17/h3-6,9H,2,7-8,14H2,1H3,(H,15,18)(H,16,17). The molecule has 1 rings (SSSR count). The van der Waals surface area contributed by atoms with Crippen LogP contribution in [-0.4, -0.2) is 28.8 Å². The van der Waals surface area contributed by atoms with Gasteiger partial charge in [-0.2, -0.15) is 0 Å². The van der Waals surface area contributed by atoms with Crippen LogP contribution in [0.3, 0.4) is 0 Å². The van der Waals surface area contributed by atoms with Crippen molar-refractivity contribution in [3.05, 3.63) is 24.3 Å². The molecule has 0 bridgehead atoms. The summed E-state index contributed by atoms with van der Waals surface area (Å²) in [5.41, 5.74) is 6.37. The maximum absolute atomic E-state index is 11.8. The summed E-state index contributed by atoms with van der Waals surface area (Å²) in [7, 11) is 0. The first kappa shape index (κ1) is 15.5. The molecule has 0 spiro atoms. The second-order valence-electron chi connectivity index (χ2n) is 3.96. The van der Waals surface area contributed by atoms with E-state index in [9.17, 15) is 9.59 Å². The molecule has 1 unspecified atom stereocenters. The van der Waals surface area contributed by atoms with Gasteiger partial charge >= 0.3 is 5.97 Å². The van der Waals surface area contributed by atoms with E-state index in [-0.39, 0.29) is 18.7 Å². The molecule has 5 nitrogen and oxygen atoms in total. The van der Waals surface area contributed by atoms with E-state index in [1.807, 2.05) is 25.1 Å². The molecule has 1 aromatic rings. The number of para-hydroxylation sites is 1. The van der Waals surface area contributed by atoms with Crippen molar-refractivity contribution in [2.75, 3.05) is 11.1 Å². The van der Waals surface area contributed by atoms with Crippen LogP contribution in [0, 0.1) is 0 Å². The number of carboxylic acid groups (broad SMARTS) is 1. The molecule has 104 valence electrons. The van der Waals surface area contributed by atoms with E-state index in [2.05, 4.69) is 5.32 Å². The average Bonchev–Trinajstić information content (AvgIpc) is 2.38. The second kappa shape index (κ2) is 7.81. The number of thioether (sulfide) groups is 1. The fraction of sp³-hybridized carbons (Fsp3) is 0.385. The minimum absolute atomic E-state index is 0.111. The lowest BCUT2D eigenvalue weighted by Crippen LogP contribution is -2.36. The molecule has 0 aliphatic heterocycles. The molecule has 6 heteroatoms. The van der Waals surface area contributed by atoms with E-state index in [1.165, 1.54) is 0 Å². The van der Waals surface area contributed by atoms with Gasteiger partial charge in [0.05, 0.1) is 11.7 Å². The van der Waals surface area contributed by atoms with Gasteiger partial charge in [-0.05, 0) is 24.3 Å². The highest BCUT2D eigenvalue weighted by molar-refractivity contribution is 7.99. The van der Waals surface area contributed by atoms with Crippen LogP contribution in [0.15, 0.2) is 29.2 Å². The fourth-order valence-corrected chi connectivity index (χ4v) is 2.25. The summed E-state index contributed by atoms with van der Waals surface area (Å²) in [5, 5.41) is 11.3. The number of carbonyl (C=O) groups excluding carboxylic acids is 1. The maximum Gasteiger partial charge on any atom is 0.303 e. The Labute approximate surface area is 116 Å². The van der Waals surface area contributed by atoms with Gasteiger partial charge in [-0.1, -0.05) is 19.1 Å². The van der Waals surface area contributed by atoms with E-state index in [4.69, 9.17) is 10.8 Å². The number of aliphatic carboxylic acids is 1. The summed E-state index contributed by atoms with van der Waals surface area (Å²) >= 11 is 1.62. The van der Waals surface area contributed by atoms with Crippen LogP contribution in [0.2, 0.25) is 0 Å². The van der Waals surface area contributed by atoms with Gasteiger partial charge in [0.15, 0.2) is 0 Å². The van der Waals surface area contributed by atoms with Crippen LogP contribution in [0.1, 0.15) is 19.8 Å². The lowest BCUT2D eigenvalue weighted by molar-refractivity contribution is -0.137. The summed E-state index contributed by atoms with van der Waals surface area (Å²) in [4.78, 5) is 23.3. The van der Waals surface area contributed by atoms with Crippen molar-refractivity contribution in [1.29, 1.82) is 0 Å². The Morgan fingerprint density at radius 2 is 2.11 bits per heavy atom. The molecule has 19 heavy (non-hydrogen) atoms. The molecule has 0 heterocycles. The first-order valence-electron chi connectivity index (χ1n) is 6.04. The monoisotopic (exact) mass is 282 g/mol. The SMILES string of the molecule is CCSc1ccccc1NC(=O)C(N)CCC(=O)O. The van der Waals surface area contributed by atoms with E-state index in [0.717, 1.165) is 10.6 Å². The van der Waals surface area contributed by atoms with Crippen molar-refractivity contribution in [1.82, 2.24) is 0 Å². The van der Waals surface area contributed by atoms with E-state index < -0.39 is 12.0 Å². The number of anilines is 1. The zero-order valence-corrected chi connectivity index (χ0v) is 11.6. The van der Waals surface area contributed by atoms with E-state index in [0.29, 0.717) is 5.69 Å². The highest BCUT2D eigenvalue weighted by Crippen LogP contribution is 2.26. The number of benzene rings is 1. The highest BCUT2D eigenvalue weighted by atomic mass is 32.2. The number of hydrogen-bond donors (Lipinski definition) is 3. The zero-order valence-electron chi connectivity index (χ0n) is 10.8. The highest BCUT2D eigenvalue weighted by Gasteiger charge is 2.16. The molecular formula is C13H18N2O3S. The lowest BCUT2D eigenvalue weighted by Gasteiger charge is -2.13. The van der Waals surface area contributed by atoms with Gasteiger partial charge in [0.2, 0.25) is 5.91 Å². The summed E-state index contributed by atoms with van der Waals surface area (Å²) in [5.74, 6) is -0.409. The number of hydrogen-bond acceptors (Lipinski definition) is 4. The Kier molecular flexibility index (Phi) is 6.38. The summed E-state index contributed by atoms with van der Waals surface area (Å²) in [6.45, 7) is 2.03. The molecular weight excluding hydrogens is 264 g/mol. The lowest BCUT2D eigenvalue weighted by atomic mass is 10.1. The Hall–Kier alpha value is -1.53. The van der Waals surface area contributed by atoms with Crippen LogP contribution >= 0.6 is 11.8 Å². The summed E-state index contributed by atoms with van der Waals surface area (Å²) in [6.07, 6.45) is 0.0181. The average molecular weight is 282 g/mol. The zero-order chi connectivity index (χ0) is 14.3. The minimum Gasteiger partial charge on any atom is -0.481 e. The Morgan fingerprint density at radius 3 is 2.74 bits per heavy atom. The van der Waals surface area contributed by atoms with Crippen LogP contribution in [0.4, 0.5) is 5.69 Å². The number of carboxylic acids is 1. The predicted octanol–water partition coefficient (Wildman–Crippen LogP) is 1.93. The van der Waals surface area contributed by atoms with Gasteiger partial charge in [-0.3, -0.25) is 9.59 Å². The van der Waals surface area contributed by atoms with Crippen LogP contribution in [0.25, 0.3) is 0 Å². The molecule has 0 aliphatic rings. The van der Waals surface area contributed by atoms with Crippen molar-refractivity contribution in [2.45, 2.75) is 30.7 Å². The van der Waals surface area contributed by atoms with Gasteiger partial charge in [-0.15, -0.1) is 11.8 Å². The summed E-state index contributed by atoms with van der Waals surface area (Å²) in [6, 6.07) is 6.65. The smallest absolute Gasteiger partial charge is 0.303 e. The third kappa shape index (κ3) is 5.32. The molecule has 0 saturated heterocycles. The first-order chi connectivity index (χ1) is 9.04. The molecule has 1 amide bonds. The number of nitrogens with two attached hydrogens (primary N) is 1. The van der Waals surface area contributed by atoms with Gasteiger partial charge in [0, 0.05) is 11.3 Å². The van der Waals surface area contributed by atoms with E-state index in [1.54, 1.807) is 17.8 Å². The Morgan fingerprint density at radius 1 is 1.42 bits per heavy atom. The Bertz CT molecular complexity index is 451. The molecule has 1 aromatic carbocycles. The number of nitrogens with one attached hydrogen (secondary N) is 1. The largest absolute Gasteiger partial charge is 0.481 e. The van der Waals surface area contributed by atoms with Crippen LogP contribution in [0.5, 0.6) is 0 Å². The molecule has 1 atom stereocenters. The summed E-state index contributed by atoms with van der Waals surface area (Å²) < 4.78 is 0. The van der Waals surface area contributed by atoms with Crippen molar-refractivity contribution in [2.24, 2.45) is 5.73 Å². The van der Waals surface area contributed by atoms with Crippen molar-refractivity contribution in [3.63, 3.8) is 0 Å². The number of rotatable bonds is 7. The van der Waals surface area contributed by atoms with Crippen LogP contribution < -0.4 is 11.1 Å². The molecule has 0 saturated carbocycles. The fourth-order valence-electron chi connectivity index (χ4n) is 1.49. The third-order valence-electron chi connectivity index (χ3n) is 2.45. The van der Waals surface area contributed by atoms with Crippen LogP contribution in [-0.2, 0) is 9.59 Å². The maximum atomic E-state index is 11.8. The van der Waals surface area contributed by atoms with E-state index >= 15 is 0 Å². The molecule has 0 radical (unpaired) electrons. The third-order valence-corrected chi connectivity index (χ3v) is 3.41. The molecule has 0 fully saturated rings. The first-order valence-corrected chi connectivity index (χ1v) is 7.03. The number of carbonyl (C=O) groups is 2. The minimum atomic E-state index is -0.954. The Balaban J connectivity index is 2.63. The quantitative estimate of drug-likeness (QED) is 0.664. The second-order valence-corrected chi connectivity index (χ2v) is 5.26. The topological polar surface area (TPSA) is 92.4 Å². The molecule has 0 aromatic heterocycles. The van der Waals surface area contributed by atoms with Gasteiger partial charge < -0.3 is 16.2 Å². The van der Waals surface area contributed by atoms with Gasteiger partial charge in [0.1, 0.15) is 0 Å². The molecule has 4 N–H and O–H groups in total.